The molecule has 136 valence electrons. The number of rotatable bonds is 7. The molecular weight excluding hydrogens is 338 g/mol. The van der Waals surface area contributed by atoms with Crippen molar-refractivity contribution in [3.8, 4) is 11.6 Å². The highest BCUT2D eigenvalue weighted by Crippen LogP contribution is 2.35. The molecule has 0 bridgehead atoms. The number of carbonyl (C=O) groups excluding carboxylic acids is 1. The lowest BCUT2D eigenvalue weighted by Gasteiger charge is -2.12. The van der Waals surface area contributed by atoms with Crippen molar-refractivity contribution in [2.45, 2.75) is 13.0 Å². The normalized spacial score (nSPS) is 15.7. The standard InChI is InChI=1S/C22H21N3O2/c1-14-10-17(14)12-24-11-15-4-2-6-19-18(15)5-3-7-20(19)27-21-9-8-16(13-25-21)22(23)26/h2-9,13,17,24H,1,10-12H2,(H2,23,26). The second-order valence-corrected chi connectivity index (χ2v) is 6.81. The van der Waals surface area contributed by atoms with Gasteiger partial charge in [-0.05, 0) is 35.4 Å². The van der Waals surface area contributed by atoms with Crippen LogP contribution in [-0.2, 0) is 6.54 Å². The van der Waals surface area contributed by atoms with Crippen molar-refractivity contribution in [2.24, 2.45) is 11.7 Å². The first-order valence-electron chi connectivity index (χ1n) is 8.94. The zero-order valence-electron chi connectivity index (χ0n) is 14.9. The Morgan fingerprint density at radius 2 is 1.96 bits per heavy atom. The van der Waals surface area contributed by atoms with E-state index in [2.05, 4.69) is 29.0 Å². The number of nitrogens with zero attached hydrogens (tertiary/aromatic N) is 1. The molecule has 1 saturated carbocycles. The van der Waals surface area contributed by atoms with E-state index < -0.39 is 5.91 Å². The number of carbonyl (C=O) groups is 1. The zero-order valence-corrected chi connectivity index (χ0v) is 14.9. The minimum atomic E-state index is -0.508. The minimum Gasteiger partial charge on any atom is -0.438 e. The average molecular weight is 359 g/mol. The summed E-state index contributed by atoms with van der Waals surface area (Å²) in [5.41, 5.74) is 8.16. The highest BCUT2D eigenvalue weighted by molar-refractivity contribution is 5.92. The molecule has 1 unspecified atom stereocenters. The van der Waals surface area contributed by atoms with Crippen molar-refractivity contribution < 1.29 is 9.53 Å². The third-order valence-corrected chi connectivity index (χ3v) is 4.84. The van der Waals surface area contributed by atoms with E-state index in [0.29, 0.717) is 17.4 Å². The van der Waals surface area contributed by atoms with Gasteiger partial charge in [0.25, 0.3) is 0 Å². The van der Waals surface area contributed by atoms with E-state index in [4.69, 9.17) is 10.5 Å². The Morgan fingerprint density at radius 1 is 1.19 bits per heavy atom. The van der Waals surface area contributed by atoms with Crippen molar-refractivity contribution >= 4 is 16.7 Å². The molecule has 0 saturated heterocycles. The van der Waals surface area contributed by atoms with E-state index in [1.54, 1.807) is 12.1 Å². The molecule has 0 spiro atoms. The summed E-state index contributed by atoms with van der Waals surface area (Å²) in [7, 11) is 0. The van der Waals surface area contributed by atoms with Gasteiger partial charge in [0.1, 0.15) is 5.75 Å². The fourth-order valence-electron chi connectivity index (χ4n) is 3.14. The molecule has 2 aromatic carbocycles. The Labute approximate surface area is 157 Å². The average Bonchev–Trinajstić information content (AvgIpc) is 3.38. The van der Waals surface area contributed by atoms with E-state index in [1.165, 1.54) is 17.3 Å². The van der Waals surface area contributed by atoms with Crippen molar-refractivity contribution in [1.29, 1.82) is 0 Å². The third kappa shape index (κ3) is 3.83. The maximum atomic E-state index is 11.2. The first kappa shape index (κ1) is 17.2. The van der Waals surface area contributed by atoms with Crippen molar-refractivity contribution in [1.82, 2.24) is 10.3 Å². The first-order valence-corrected chi connectivity index (χ1v) is 8.94. The molecule has 5 nitrogen and oxygen atoms in total. The summed E-state index contributed by atoms with van der Waals surface area (Å²) in [5.74, 6) is 1.27. The van der Waals surface area contributed by atoms with Crippen LogP contribution < -0.4 is 15.8 Å². The van der Waals surface area contributed by atoms with Gasteiger partial charge in [-0.3, -0.25) is 4.79 Å². The van der Waals surface area contributed by atoms with Crippen LogP contribution in [-0.4, -0.2) is 17.4 Å². The molecule has 5 heteroatoms. The topological polar surface area (TPSA) is 77.2 Å². The fraction of sp³-hybridized carbons (Fsp3) is 0.182. The zero-order chi connectivity index (χ0) is 18.8. The molecule has 0 radical (unpaired) electrons. The molecule has 1 heterocycles. The molecule has 4 rings (SSSR count). The highest BCUT2D eigenvalue weighted by Gasteiger charge is 2.26. The molecular formula is C22H21N3O2. The van der Waals surface area contributed by atoms with E-state index in [1.807, 2.05) is 24.3 Å². The predicted octanol–water partition coefficient (Wildman–Crippen LogP) is 3.79. The van der Waals surface area contributed by atoms with E-state index in [0.717, 1.165) is 36.0 Å². The number of primary amides is 1. The SMILES string of the molecule is C=C1CC1CNCc1cccc2c(Oc3ccc(C(N)=O)cn3)cccc12. The molecule has 1 aliphatic rings. The van der Waals surface area contributed by atoms with Crippen molar-refractivity contribution in [3.63, 3.8) is 0 Å². The van der Waals surface area contributed by atoms with Crippen LogP contribution in [0.15, 0.2) is 66.9 Å². The number of nitrogens with one attached hydrogen (secondary N) is 1. The molecule has 1 aromatic heterocycles. The Morgan fingerprint density at radius 3 is 2.67 bits per heavy atom. The number of nitrogens with two attached hydrogens (primary N) is 1. The van der Waals surface area contributed by atoms with Crippen LogP contribution in [0.2, 0.25) is 0 Å². The van der Waals surface area contributed by atoms with E-state index in [9.17, 15) is 4.79 Å². The quantitative estimate of drug-likeness (QED) is 0.629. The number of benzene rings is 2. The molecule has 1 amide bonds. The summed E-state index contributed by atoms with van der Waals surface area (Å²) in [6.45, 7) is 5.78. The van der Waals surface area contributed by atoms with E-state index >= 15 is 0 Å². The fourth-order valence-corrected chi connectivity index (χ4v) is 3.14. The first-order chi connectivity index (χ1) is 13.1. The molecule has 3 N–H and O–H groups in total. The van der Waals surface area contributed by atoms with Gasteiger partial charge in [-0.15, -0.1) is 0 Å². The monoisotopic (exact) mass is 359 g/mol. The van der Waals surface area contributed by atoms with Gasteiger partial charge in [0.05, 0.1) is 5.56 Å². The Kier molecular flexibility index (Phi) is 4.60. The minimum absolute atomic E-state index is 0.354. The Balaban J connectivity index is 1.55. The number of hydrogen-bond donors (Lipinski definition) is 2. The van der Waals surface area contributed by atoms with Crippen LogP contribution in [0.5, 0.6) is 11.6 Å². The second kappa shape index (κ2) is 7.21. The number of pyridine rings is 1. The maximum Gasteiger partial charge on any atom is 0.250 e. The van der Waals surface area contributed by atoms with Gasteiger partial charge in [-0.1, -0.05) is 42.5 Å². The summed E-state index contributed by atoms with van der Waals surface area (Å²) in [5, 5.41) is 5.68. The van der Waals surface area contributed by atoms with Crippen LogP contribution in [0.1, 0.15) is 22.3 Å². The second-order valence-electron chi connectivity index (χ2n) is 6.81. The van der Waals surface area contributed by atoms with Gasteiger partial charge in [-0.25, -0.2) is 4.98 Å². The lowest BCUT2D eigenvalue weighted by Crippen LogP contribution is -2.16. The van der Waals surface area contributed by atoms with Crippen LogP contribution in [0.4, 0.5) is 0 Å². The van der Waals surface area contributed by atoms with Crippen molar-refractivity contribution in [2.75, 3.05) is 6.54 Å². The summed E-state index contributed by atoms with van der Waals surface area (Å²) in [6, 6.07) is 15.4. The molecule has 0 aliphatic heterocycles. The van der Waals surface area contributed by atoms with Gasteiger partial charge in [0.2, 0.25) is 11.8 Å². The van der Waals surface area contributed by atoms with Gasteiger partial charge in [0.15, 0.2) is 0 Å². The molecule has 1 atom stereocenters. The van der Waals surface area contributed by atoms with Crippen molar-refractivity contribution in [3.05, 3.63) is 78.0 Å². The molecule has 1 fully saturated rings. The Hall–Kier alpha value is -3.18. The smallest absolute Gasteiger partial charge is 0.250 e. The summed E-state index contributed by atoms with van der Waals surface area (Å²) >= 11 is 0. The van der Waals surface area contributed by atoms with Gasteiger partial charge in [-0.2, -0.15) is 0 Å². The number of hydrogen-bond acceptors (Lipinski definition) is 4. The number of amides is 1. The molecule has 27 heavy (non-hydrogen) atoms. The molecule has 3 aromatic rings. The third-order valence-electron chi connectivity index (χ3n) is 4.84. The van der Waals surface area contributed by atoms with Gasteiger partial charge >= 0.3 is 0 Å². The summed E-state index contributed by atoms with van der Waals surface area (Å²) in [4.78, 5) is 15.3. The number of fused-ring (bicyclic) bond motifs is 1. The summed E-state index contributed by atoms with van der Waals surface area (Å²) in [6.07, 6.45) is 2.56. The van der Waals surface area contributed by atoms with Crippen LogP contribution >= 0.6 is 0 Å². The molecule has 1 aliphatic carbocycles. The van der Waals surface area contributed by atoms with Crippen LogP contribution in [0, 0.1) is 5.92 Å². The predicted molar refractivity (Wildman–Crippen MR) is 106 cm³/mol. The van der Waals surface area contributed by atoms with E-state index in [-0.39, 0.29) is 0 Å². The number of aromatic nitrogens is 1. The number of ether oxygens (including phenoxy) is 1. The largest absolute Gasteiger partial charge is 0.438 e. The highest BCUT2D eigenvalue weighted by atomic mass is 16.5. The van der Waals surface area contributed by atoms with Gasteiger partial charge < -0.3 is 15.8 Å². The summed E-state index contributed by atoms with van der Waals surface area (Å²) < 4.78 is 5.95. The van der Waals surface area contributed by atoms with Crippen LogP contribution in [0.3, 0.4) is 0 Å². The lowest BCUT2D eigenvalue weighted by molar-refractivity contribution is 0.1000. The van der Waals surface area contributed by atoms with Gasteiger partial charge in [0, 0.05) is 30.7 Å². The lowest BCUT2D eigenvalue weighted by atomic mass is 10.0. The Bertz CT molecular complexity index is 1010. The maximum absolute atomic E-state index is 11.2. The van der Waals surface area contributed by atoms with Crippen LogP contribution in [0.25, 0.3) is 10.8 Å².